The van der Waals surface area contributed by atoms with Crippen molar-refractivity contribution in [1.29, 1.82) is 0 Å². The number of hydrogen-bond donors (Lipinski definition) is 1. The summed E-state index contributed by atoms with van der Waals surface area (Å²) in [6, 6.07) is 3.18. The van der Waals surface area contributed by atoms with Crippen LogP contribution in [0.15, 0.2) is 41.8 Å². The van der Waals surface area contributed by atoms with Gasteiger partial charge < -0.3 is 18.9 Å². The third kappa shape index (κ3) is 3.87. The van der Waals surface area contributed by atoms with Gasteiger partial charge in [0.25, 0.3) is 5.56 Å². The van der Waals surface area contributed by atoms with Crippen LogP contribution in [0.2, 0.25) is 0 Å². The van der Waals surface area contributed by atoms with Crippen molar-refractivity contribution in [3.63, 3.8) is 0 Å². The van der Waals surface area contributed by atoms with E-state index in [1.54, 1.807) is 39.5 Å². The first-order chi connectivity index (χ1) is 14.0. The molecule has 1 unspecified atom stereocenters. The van der Waals surface area contributed by atoms with Gasteiger partial charge in [0, 0.05) is 38.1 Å². The minimum atomic E-state index is -0.414. The summed E-state index contributed by atoms with van der Waals surface area (Å²) >= 11 is 0. The zero-order valence-corrected chi connectivity index (χ0v) is 16.5. The Bertz CT molecular complexity index is 1090. The topological polar surface area (TPSA) is 92.5 Å². The summed E-state index contributed by atoms with van der Waals surface area (Å²) in [5.41, 5.74) is 1.81. The molecule has 1 fully saturated rings. The van der Waals surface area contributed by atoms with E-state index < -0.39 is 6.04 Å². The van der Waals surface area contributed by atoms with Crippen molar-refractivity contribution in [2.45, 2.75) is 44.6 Å². The number of aromatic nitrogens is 4. The lowest BCUT2D eigenvalue weighted by Gasteiger charge is -2.34. The normalized spacial score (nSPS) is 17.0. The van der Waals surface area contributed by atoms with Gasteiger partial charge in [0.2, 0.25) is 11.7 Å². The monoisotopic (exact) mass is 395 g/mol. The maximum atomic E-state index is 12.9. The molecule has 3 aromatic heterocycles. The van der Waals surface area contributed by atoms with Crippen LogP contribution in [-0.4, -0.2) is 48.1 Å². The van der Waals surface area contributed by atoms with E-state index in [9.17, 15) is 14.4 Å². The number of hydrogen-bond acceptors (Lipinski definition) is 4. The van der Waals surface area contributed by atoms with E-state index in [-0.39, 0.29) is 17.2 Å². The minimum absolute atomic E-state index is 0.00499. The fourth-order valence-electron chi connectivity index (χ4n) is 4.08. The second-order valence-corrected chi connectivity index (χ2v) is 7.62. The van der Waals surface area contributed by atoms with E-state index >= 15 is 0 Å². The van der Waals surface area contributed by atoms with E-state index in [1.165, 1.54) is 0 Å². The molecular weight excluding hydrogens is 370 g/mol. The van der Waals surface area contributed by atoms with Gasteiger partial charge in [-0.1, -0.05) is 0 Å². The van der Waals surface area contributed by atoms with E-state index in [1.807, 2.05) is 18.5 Å². The number of imidazole rings is 1. The first-order valence-corrected chi connectivity index (χ1v) is 10.0. The Kier molecular flexibility index (Phi) is 5.33. The van der Waals surface area contributed by atoms with Crippen LogP contribution in [0.25, 0.3) is 5.52 Å². The number of rotatable bonds is 6. The molecule has 0 bridgehead atoms. The van der Waals surface area contributed by atoms with Crippen molar-refractivity contribution >= 4 is 17.2 Å². The van der Waals surface area contributed by atoms with Crippen molar-refractivity contribution in [1.82, 2.24) is 23.8 Å². The summed E-state index contributed by atoms with van der Waals surface area (Å²) in [7, 11) is 1.79. The lowest BCUT2D eigenvalue weighted by Crippen LogP contribution is -2.48. The predicted molar refractivity (Wildman–Crippen MR) is 108 cm³/mol. The number of fused-ring (bicyclic) bond motifs is 1. The highest BCUT2D eigenvalue weighted by Crippen LogP contribution is 2.22. The van der Waals surface area contributed by atoms with Crippen molar-refractivity contribution in [3.05, 3.63) is 58.8 Å². The number of likely N-dealkylation sites (tertiary alicyclic amines) is 1. The number of carbonyl (C=O) groups excluding carboxylic acids is 2. The van der Waals surface area contributed by atoms with E-state index in [0.29, 0.717) is 43.4 Å². The maximum absolute atomic E-state index is 12.9. The average molecular weight is 395 g/mol. The number of Topliss-reactive ketones (excluding diaryl/α,β-unsaturated/α-hetero) is 1. The quantitative estimate of drug-likeness (QED) is 0.646. The number of aromatic amines is 1. The molecule has 0 aromatic carbocycles. The molecule has 1 aliphatic rings. The molecule has 0 aliphatic carbocycles. The van der Waals surface area contributed by atoms with Gasteiger partial charge in [-0.05, 0) is 44.2 Å². The second-order valence-electron chi connectivity index (χ2n) is 7.62. The molecule has 8 nitrogen and oxygen atoms in total. The van der Waals surface area contributed by atoms with Crippen LogP contribution in [0.4, 0.5) is 0 Å². The number of carbonyl (C=O) groups is 2. The molecule has 1 amide bonds. The number of ketones is 1. The van der Waals surface area contributed by atoms with Crippen LogP contribution in [0, 0.1) is 0 Å². The van der Waals surface area contributed by atoms with Gasteiger partial charge in [-0.15, -0.1) is 0 Å². The summed E-state index contributed by atoms with van der Waals surface area (Å²) in [5, 5.41) is 0. The van der Waals surface area contributed by atoms with Crippen LogP contribution in [-0.2, 0) is 18.3 Å². The summed E-state index contributed by atoms with van der Waals surface area (Å²) in [5.74, 6) is -0.0463. The number of nitrogens with zero attached hydrogens (tertiary/aromatic N) is 4. The molecule has 0 saturated carbocycles. The van der Waals surface area contributed by atoms with Gasteiger partial charge in [0.15, 0.2) is 0 Å². The Morgan fingerprint density at radius 2 is 2.17 bits per heavy atom. The third-order valence-electron chi connectivity index (χ3n) is 5.61. The molecule has 3 aromatic rings. The first kappa shape index (κ1) is 19.2. The molecule has 29 heavy (non-hydrogen) atoms. The van der Waals surface area contributed by atoms with Crippen LogP contribution in [0.5, 0.6) is 0 Å². The Morgan fingerprint density at radius 3 is 2.97 bits per heavy atom. The van der Waals surface area contributed by atoms with Gasteiger partial charge in [0.1, 0.15) is 11.2 Å². The standard InChI is InChI=1S/C21H25N5O3/c1-24-14-22-12-18(24)20(28)16-7-2-3-11-26(16)19(27)9-4-6-15-13-25-10-5-8-17(25)21(29)23-15/h5,8,10,12-14,16H,2-4,6-7,9,11H2,1H3,(H,23,29). The van der Waals surface area contributed by atoms with E-state index in [0.717, 1.165) is 18.5 Å². The molecule has 0 spiro atoms. The number of H-pyrrole nitrogens is 1. The fraction of sp³-hybridized carbons (Fsp3) is 0.429. The van der Waals surface area contributed by atoms with E-state index in [4.69, 9.17) is 0 Å². The van der Waals surface area contributed by atoms with Crippen molar-refractivity contribution in [3.8, 4) is 0 Å². The maximum Gasteiger partial charge on any atom is 0.272 e. The molecule has 0 radical (unpaired) electrons. The highest BCUT2D eigenvalue weighted by Gasteiger charge is 2.33. The Hall–Kier alpha value is -3.16. The Labute approximate surface area is 168 Å². The molecular formula is C21H25N5O3. The van der Waals surface area contributed by atoms with Crippen molar-refractivity contribution < 1.29 is 9.59 Å². The van der Waals surface area contributed by atoms with E-state index in [2.05, 4.69) is 9.97 Å². The Balaban J connectivity index is 1.40. The number of piperidine rings is 1. The van der Waals surface area contributed by atoms with Crippen LogP contribution >= 0.6 is 0 Å². The second kappa shape index (κ2) is 8.06. The molecule has 8 heteroatoms. The molecule has 1 atom stereocenters. The smallest absolute Gasteiger partial charge is 0.272 e. The summed E-state index contributed by atoms with van der Waals surface area (Å²) in [4.78, 5) is 46.5. The largest absolute Gasteiger partial charge is 0.332 e. The zero-order valence-electron chi connectivity index (χ0n) is 16.5. The number of aryl methyl sites for hydroxylation is 2. The molecule has 152 valence electrons. The van der Waals surface area contributed by atoms with Crippen molar-refractivity contribution in [2.24, 2.45) is 7.05 Å². The lowest BCUT2D eigenvalue weighted by molar-refractivity contribution is -0.134. The predicted octanol–water partition coefficient (Wildman–Crippen LogP) is 1.95. The Morgan fingerprint density at radius 1 is 1.31 bits per heavy atom. The summed E-state index contributed by atoms with van der Waals surface area (Å²) in [6.45, 7) is 0.610. The van der Waals surface area contributed by atoms with Crippen molar-refractivity contribution in [2.75, 3.05) is 6.54 Å². The lowest BCUT2D eigenvalue weighted by atomic mass is 9.96. The van der Waals surface area contributed by atoms with Gasteiger partial charge in [-0.25, -0.2) is 4.98 Å². The highest BCUT2D eigenvalue weighted by atomic mass is 16.2. The fourth-order valence-corrected chi connectivity index (χ4v) is 4.08. The molecule has 4 heterocycles. The van der Waals surface area contributed by atoms with Crippen LogP contribution < -0.4 is 5.56 Å². The molecule has 1 N–H and O–H groups in total. The minimum Gasteiger partial charge on any atom is -0.332 e. The number of nitrogens with one attached hydrogen (secondary N) is 1. The highest BCUT2D eigenvalue weighted by molar-refractivity contribution is 6.00. The third-order valence-corrected chi connectivity index (χ3v) is 5.61. The first-order valence-electron chi connectivity index (χ1n) is 10.0. The van der Waals surface area contributed by atoms with Crippen LogP contribution in [0.3, 0.4) is 0 Å². The average Bonchev–Trinajstić information content (AvgIpc) is 3.36. The molecule has 1 saturated heterocycles. The molecule has 4 rings (SSSR count). The zero-order chi connectivity index (χ0) is 20.4. The summed E-state index contributed by atoms with van der Waals surface area (Å²) in [6.07, 6.45) is 11.0. The number of amides is 1. The van der Waals surface area contributed by atoms with Gasteiger partial charge >= 0.3 is 0 Å². The van der Waals surface area contributed by atoms with Gasteiger partial charge in [0.05, 0.1) is 18.6 Å². The molecule has 1 aliphatic heterocycles. The van der Waals surface area contributed by atoms with Gasteiger partial charge in [-0.3, -0.25) is 14.4 Å². The van der Waals surface area contributed by atoms with Gasteiger partial charge in [-0.2, -0.15) is 0 Å². The van der Waals surface area contributed by atoms with Crippen LogP contribution in [0.1, 0.15) is 48.3 Å². The SMILES string of the molecule is Cn1cncc1C(=O)C1CCCCN1C(=O)CCCc1cn2cccc2c(=O)[nH]1. The summed E-state index contributed by atoms with van der Waals surface area (Å²) < 4.78 is 3.50.